The quantitative estimate of drug-likeness (QED) is 0.589. The number of imide groups is 1. The lowest BCUT2D eigenvalue weighted by atomic mass is 9.97. The summed E-state index contributed by atoms with van der Waals surface area (Å²) in [7, 11) is 0. The molecule has 3 rings (SSSR count). The van der Waals surface area contributed by atoms with E-state index >= 15 is 0 Å². The lowest BCUT2D eigenvalue weighted by Gasteiger charge is -2.32. The van der Waals surface area contributed by atoms with Crippen LogP contribution in [0.25, 0.3) is 0 Å². The summed E-state index contributed by atoms with van der Waals surface area (Å²) in [6, 6.07) is 2.87. The van der Waals surface area contributed by atoms with E-state index in [9.17, 15) is 14.4 Å². The molecule has 0 aromatic heterocycles. The third kappa shape index (κ3) is 3.52. The Morgan fingerprint density at radius 2 is 1.64 bits per heavy atom. The maximum Gasteiger partial charge on any atom is 0.309 e. The van der Waals surface area contributed by atoms with Crippen LogP contribution in [-0.2, 0) is 9.53 Å². The highest BCUT2D eigenvalue weighted by molar-refractivity contribution is 6.43. The molecule has 0 N–H and O–H groups in total. The average molecular weight is 385 g/mol. The molecule has 1 saturated heterocycles. The van der Waals surface area contributed by atoms with Crippen LogP contribution < -0.4 is 0 Å². The van der Waals surface area contributed by atoms with Gasteiger partial charge in [0.05, 0.1) is 40.4 Å². The Kier molecular flexibility index (Phi) is 5.32. The van der Waals surface area contributed by atoms with Crippen LogP contribution in [0.2, 0.25) is 10.0 Å². The van der Waals surface area contributed by atoms with Crippen molar-refractivity contribution in [2.75, 3.05) is 26.4 Å². The summed E-state index contributed by atoms with van der Waals surface area (Å²) in [5.74, 6) is -1.03. The Morgan fingerprint density at radius 3 is 2.12 bits per heavy atom. The van der Waals surface area contributed by atoms with E-state index in [1.54, 1.807) is 6.92 Å². The summed E-state index contributed by atoms with van der Waals surface area (Å²) < 4.78 is 5.05. The third-order valence-electron chi connectivity index (χ3n) is 4.56. The smallest absolute Gasteiger partial charge is 0.309 e. The third-order valence-corrected chi connectivity index (χ3v) is 5.28. The fourth-order valence-electron chi connectivity index (χ4n) is 3.18. The molecule has 0 unspecified atom stereocenters. The average Bonchev–Trinajstić information content (AvgIpc) is 2.81. The van der Waals surface area contributed by atoms with Crippen molar-refractivity contribution in [1.82, 2.24) is 9.80 Å². The fourth-order valence-corrected chi connectivity index (χ4v) is 3.51. The minimum atomic E-state index is -0.369. The number of benzene rings is 1. The molecule has 0 atom stereocenters. The van der Waals surface area contributed by atoms with E-state index in [0.717, 1.165) is 0 Å². The highest BCUT2D eigenvalue weighted by Crippen LogP contribution is 2.32. The first-order valence-corrected chi connectivity index (χ1v) is 8.92. The van der Waals surface area contributed by atoms with Gasteiger partial charge in [0.2, 0.25) is 0 Å². The summed E-state index contributed by atoms with van der Waals surface area (Å²) in [5, 5.41) is 0.498. The number of halogens is 2. The summed E-state index contributed by atoms with van der Waals surface area (Å²) in [6.07, 6.45) is 1.30. The van der Waals surface area contributed by atoms with Crippen LogP contribution >= 0.6 is 23.2 Å². The maximum atomic E-state index is 12.5. The first kappa shape index (κ1) is 18.2. The van der Waals surface area contributed by atoms with Gasteiger partial charge in [-0.3, -0.25) is 24.2 Å². The topological polar surface area (TPSA) is 66.9 Å². The molecule has 0 spiro atoms. The van der Waals surface area contributed by atoms with Crippen LogP contribution in [0.3, 0.4) is 0 Å². The number of rotatable bonds is 4. The Labute approximate surface area is 155 Å². The molecule has 1 aromatic rings. The van der Waals surface area contributed by atoms with Gasteiger partial charge < -0.3 is 4.74 Å². The largest absolute Gasteiger partial charge is 0.466 e. The molecule has 2 heterocycles. The molecular weight excluding hydrogens is 367 g/mol. The number of carbonyl (C=O) groups is 3. The minimum absolute atomic E-state index is 0.115. The Balaban J connectivity index is 1.64. The predicted molar refractivity (Wildman–Crippen MR) is 92.8 cm³/mol. The highest BCUT2D eigenvalue weighted by atomic mass is 35.5. The van der Waals surface area contributed by atoms with Crippen LogP contribution in [0.4, 0.5) is 0 Å². The second-order valence-electron chi connectivity index (χ2n) is 6.14. The van der Waals surface area contributed by atoms with Gasteiger partial charge in [0.25, 0.3) is 11.8 Å². The Morgan fingerprint density at radius 1 is 1.12 bits per heavy atom. The Bertz CT molecular complexity index is 689. The van der Waals surface area contributed by atoms with E-state index in [4.69, 9.17) is 27.9 Å². The number of carbonyl (C=O) groups excluding carboxylic acids is 3. The Hall–Kier alpha value is -1.63. The SMILES string of the molecule is CCOC(=O)C1CCN(CN2C(=O)c3cc(Cl)c(Cl)cc3C2=O)CC1. The molecule has 0 radical (unpaired) electrons. The standard InChI is InChI=1S/C17H18Cl2N2O4/c1-2-25-17(24)10-3-5-20(6-4-10)9-21-15(22)11-7-13(18)14(19)8-12(11)16(21)23/h7-8,10H,2-6,9H2,1H3. The van der Waals surface area contributed by atoms with Gasteiger partial charge in [-0.05, 0) is 31.9 Å². The van der Waals surface area contributed by atoms with Crippen LogP contribution in [-0.4, -0.2) is 53.9 Å². The van der Waals surface area contributed by atoms with E-state index in [1.807, 2.05) is 4.90 Å². The van der Waals surface area contributed by atoms with Crippen LogP contribution in [0.5, 0.6) is 0 Å². The van der Waals surface area contributed by atoms with Crippen molar-refractivity contribution in [3.05, 3.63) is 33.3 Å². The molecular formula is C17H18Cl2N2O4. The van der Waals surface area contributed by atoms with Crippen molar-refractivity contribution in [3.8, 4) is 0 Å². The lowest BCUT2D eigenvalue weighted by Crippen LogP contribution is -2.45. The minimum Gasteiger partial charge on any atom is -0.466 e. The normalized spacial score (nSPS) is 18.6. The molecule has 134 valence electrons. The van der Waals surface area contributed by atoms with E-state index < -0.39 is 0 Å². The number of nitrogens with zero attached hydrogens (tertiary/aromatic N) is 2. The van der Waals surface area contributed by atoms with Crippen molar-refractivity contribution < 1.29 is 19.1 Å². The van der Waals surface area contributed by atoms with Gasteiger partial charge in [0.15, 0.2) is 0 Å². The molecule has 0 aliphatic carbocycles. The summed E-state index contributed by atoms with van der Waals surface area (Å²) in [4.78, 5) is 40.0. The van der Waals surface area contributed by atoms with E-state index in [-0.39, 0.29) is 51.5 Å². The maximum absolute atomic E-state index is 12.5. The molecule has 2 aliphatic heterocycles. The molecule has 2 aliphatic rings. The molecule has 0 bridgehead atoms. The van der Waals surface area contributed by atoms with E-state index in [0.29, 0.717) is 32.5 Å². The van der Waals surface area contributed by atoms with E-state index in [2.05, 4.69) is 0 Å². The zero-order valence-corrected chi connectivity index (χ0v) is 15.3. The summed E-state index contributed by atoms with van der Waals surface area (Å²) >= 11 is 11.9. The number of ether oxygens (including phenoxy) is 1. The molecule has 2 amide bonds. The van der Waals surface area contributed by atoms with Crippen LogP contribution in [0, 0.1) is 5.92 Å². The fraction of sp³-hybridized carbons (Fsp3) is 0.471. The van der Waals surface area contributed by atoms with Gasteiger partial charge in [-0.1, -0.05) is 23.2 Å². The van der Waals surface area contributed by atoms with Gasteiger partial charge in [0.1, 0.15) is 0 Å². The number of hydrogen-bond acceptors (Lipinski definition) is 5. The molecule has 1 fully saturated rings. The predicted octanol–water partition coefficient (Wildman–Crippen LogP) is 2.82. The van der Waals surface area contributed by atoms with Crippen LogP contribution in [0.1, 0.15) is 40.5 Å². The molecule has 6 nitrogen and oxygen atoms in total. The monoisotopic (exact) mass is 384 g/mol. The first-order valence-electron chi connectivity index (χ1n) is 8.16. The second kappa shape index (κ2) is 7.32. The van der Waals surface area contributed by atoms with Crippen molar-refractivity contribution in [2.24, 2.45) is 5.92 Å². The van der Waals surface area contributed by atoms with Gasteiger partial charge in [-0.2, -0.15) is 0 Å². The van der Waals surface area contributed by atoms with Crippen molar-refractivity contribution in [3.63, 3.8) is 0 Å². The summed E-state index contributed by atoms with van der Waals surface area (Å²) in [6.45, 7) is 3.60. The molecule has 1 aromatic carbocycles. The second-order valence-corrected chi connectivity index (χ2v) is 6.95. The first-order chi connectivity index (χ1) is 11.9. The van der Waals surface area contributed by atoms with Gasteiger partial charge in [0, 0.05) is 13.1 Å². The lowest BCUT2D eigenvalue weighted by molar-refractivity contribution is -0.149. The van der Waals surface area contributed by atoms with Gasteiger partial charge in [-0.15, -0.1) is 0 Å². The molecule has 8 heteroatoms. The zero-order valence-electron chi connectivity index (χ0n) is 13.8. The van der Waals surface area contributed by atoms with Crippen molar-refractivity contribution >= 4 is 41.0 Å². The molecule has 0 saturated carbocycles. The zero-order chi connectivity index (χ0) is 18.1. The highest BCUT2D eigenvalue weighted by Gasteiger charge is 2.38. The van der Waals surface area contributed by atoms with Gasteiger partial charge in [-0.25, -0.2) is 0 Å². The number of likely N-dealkylation sites (tertiary alicyclic amines) is 1. The summed E-state index contributed by atoms with van der Waals surface area (Å²) in [5.41, 5.74) is 0.557. The number of hydrogen-bond donors (Lipinski definition) is 0. The number of piperidine rings is 1. The molecule has 25 heavy (non-hydrogen) atoms. The number of esters is 1. The van der Waals surface area contributed by atoms with Crippen molar-refractivity contribution in [1.29, 1.82) is 0 Å². The number of fused-ring (bicyclic) bond motifs is 1. The van der Waals surface area contributed by atoms with Crippen LogP contribution in [0.15, 0.2) is 12.1 Å². The van der Waals surface area contributed by atoms with Crippen molar-refractivity contribution in [2.45, 2.75) is 19.8 Å². The van der Waals surface area contributed by atoms with E-state index in [1.165, 1.54) is 17.0 Å². The number of amides is 2. The van der Waals surface area contributed by atoms with Gasteiger partial charge >= 0.3 is 5.97 Å².